The molecule has 0 aliphatic heterocycles. The second-order valence-electron chi connectivity index (χ2n) is 8.00. The Morgan fingerprint density at radius 3 is 2.73 bits per heavy atom. The molecule has 0 saturated heterocycles. The molecule has 1 aromatic heterocycles. The average molecular weight is 450 g/mol. The molecule has 3 rings (SSSR count). The predicted octanol–water partition coefficient (Wildman–Crippen LogP) is 5.31. The number of fused-ring (bicyclic) bond motifs is 1. The van der Waals surface area contributed by atoms with Gasteiger partial charge in [-0.05, 0) is 62.9 Å². The van der Waals surface area contributed by atoms with Crippen LogP contribution in [-0.4, -0.2) is 35.7 Å². The molecule has 0 radical (unpaired) electrons. The van der Waals surface area contributed by atoms with E-state index in [1.165, 1.54) is 5.52 Å². The summed E-state index contributed by atoms with van der Waals surface area (Å²) < 4.78 is 13.5. The van der Waals surface area contributed by atoms with E-state index in [2.05, 4.69) is 28.1 Å². The first-order valence-electron chi connectivity index (χ1n) is 11.8. The molecule has 6 nitrogen and oxygen atoms in total. The molecule has 3 aromatic rings. The molecular formula is C27H35N3O3. The number of nitrogens with one attached hydrogen (secondary N) is 1. The van der Waals surface area contributed by atoms with Crippen molar-refractivity contribution < 1.29 is 14.3 Å². The minimum atomic E-state index is -0.0188. The number of aromatic nitrogens is 2. The smallest absolute Gasteiger partial charge is 0.243 e. The van der Waals surface area contributed by atoms with Crippen LogP contribution in [0.3, 0.4) is 0 Å². The van der Waals surface area contributed by atoms with Crippen molar-refractivity contribution >= 4 is 16.9 Å². The summed E-state index contributed by atoms with van der Waals surface area (Å²) in [6, 6.07) is 16.1. The van der Waals surface area contributed by atoms with Crippen molar-refractivity contribution in [3.63, 3.8) is 0 Å². The van der Waals surface area contributed by atoms with E-state index >= 15 is 0 Å². The van der Waals surface area contributed by atoms with Crippen LogP contribution in [0, 0.1) is 0 Å². The van der Waals surface area contributed by atoms with Crippen LogP contribution in [-0.2, 0) is 17.8 Å². The number of unbranched alkanes of at least 4 members (excludes halogenated alkanes) is 3. The van der Waals surface area contributed by atoms with E-state index in [0.717, 1.165) is 67.9 Å². The highest BCUT2D eigenvalue weighted by Crippen LogP contribution is 2.20. The van der Waals surface area contributed by atoms with Gasteiger partial charge < -0.3 is 19.4 Å². The number of rotatable bonds is 14. The van der Waals surface area contributed by atoms with E-state index in [4.69, 9.17) is 14.5 Å². The summed E-state index contributed by atoms with van der Waals surface area (Å²) in [5.41, 5.74) is 2.25. The van der Waals surface area contributed by atoms with Crippen LogP contribution in [0.4, 0.5) is 0 Å². The fourth-order valence-corrected chi connectivity index (χ4v) is 3.83. The van der Waals surface area contributed by atoms with Crippen LogP contribution in [0.1, 0.15) is 44.9 Å². The molecular weight excluding hydrogens is 414 g/mol. The summed E-state index contributed by atoms with van der Waals surface area (Å²) in [7, 11) is 1.66. The number of amides is 1. The third kappa shape index (κ3) is 7.67. The molecule has 0 aliphatic carbocycles. The van der Waals surface area contributed by atoms with E-state index < -0.39 is 0 Å². The van der Waals surface area contributed by atoms with E-state index in [1.54, 1.807) is 19.3 Å². The maximum Gasteiger partial charge on any atom is 0.243 e. The number of allylic oxidation sites excluding steroid dienone is 1. The number of benzene rings is 2. The number of carbonyl (C=O) groups excluding carboxylic acids is 1. The second kappa shape index (κ2) is 13.3. The Bertz CT molecular complexity index is 1040. The highest BCUT2D eigenvalue weighted by atomic mass is 16.5. The number of hydrogen-bond acceptors (Lipinski definition) is 4. The lowest BCUT2D eigenvalue weighted by Crippen LogP contribution is -2.21. The van der Waals surface area contributed by atoms with Gasteiger partial charge in [-0.3, -0.25) is 4.79 Å². The minimum absolute atomic E-state index is 0.0188. The topological polar surface area (TPSA) is 65.4 Å². The van der Waals surface area contributed by atoms with Gasteiger partial charge in [0, 0.05) is 25.6 Å². The predicted molar refractivity (Wildman–Crippen MR) is 133 cm³/mol. The van der Waals surface area contributed by atoms with Gasteiger partial charge >= 0.3 is 0 Å². The summed E-state index contributed by atoms with van der Waals surface area (Å²) in [6.07, 6.45) is 9.34. The second-order valence-corrected chi connectivity index (χ2v) is 8.00. The molecule has 33 heavy (non-hydrogen) atoms. The van der Waals surface area contributed by atoms with Crippen LogP contribution in [0.15, 0.2) is 60.7 Å². The van der Waals surface area contributed by atoms with Crippen molar-refractivity contribution in [3.05, 3.63) is 66.5 Å². The van der Waals surface area contributed by atoms with Gasteiger partial charge in [0.25, 0.3) is 0 Å². The van der Waals surface area contributed by atoms with Crippen LogP contribution >= 0.6 is 0 Å². The molecule has 0 spiro atoms. The zero-order valence-electron chi connectivity index (χ0n) is 19.8. The summed E-state index contributed by atoms with van der Waals surface area (Å²) in [4.78, 5) is 16.4. The Labute approximate surface area is 196 Å². The Morgan fingerprint density at radius 2 is 1.88 bits per heavy atom. The van der Waals surface area contributed by atoms with Crippen molar-refractivity contribution in [1.29, 1.82) is 0 Å². The molecule has 6 heteroatoms. The van der Waals surface area contributed by atoms with Gasteiger partial charge in [0.1, 0.15) is 17.3 Å². The Balaban J connectivity index is 1.46. The molecule has 0 fully saturated rings. The van der Waals surface area contributed by atoms with Crippen molar-refractivity contribution in [2.24, 2.45) is 0 Å². The van der Waals surface area contributed by atoms with Gasteiger partial charge in [-0.15, -0.1) is 0 Å². The molecule has 0 bridgehead atoms. The van der Waals surface area contributed by atoms with Gasteiger partial charge in [-0.1, -0.05) is 30.7 Å². The highest BCUT2D eigenvalue weighted by molar-refractivity contribution is 5.87. The fourth-order valence-electron chi connectivity index (χ4n) is 3.83. The number of hydrogen-bond donors (Lipinski definition) is 1. The third-order valence-corrected chi connectivity index (χ3v) is 5.51. The Hall–Kier alpha value is -3.28. The van der Waals surface area contributed by atoms with Crippen molar-refractivity contribution in [2.45, 2.75) is 52.0 Å². The van der Waals surface area contributed by atoms with E-state index in [1.807, 2.05) is 37.3 Å². The monoisotopic (exact) mass is 449 g/mol. The number of ether oxygens (including phenoxy) is 2. The van der Waals surface area contributed by atoms with Gasteiger partial charge in [-0.2, -0.15) is 0 Å². The minimum Gasteiger partial charge on any atom is -0.497 e. The van der Waals surface area contributed by atoms with Gasteiger partial charge in [0.2, 0.25) is 5.91 Å². The first-order valence-corrected chi connectivity index (χ1v) is 11.8. The quantitative estimate of drug-likeness (QED) is 0.268. The molecule has 1 heterocycles. The maximum atomic E-state index is 11.5. The Kier molecular flexibility index (Phi) is 9.83. The van der Waals surface area contributed by atoms with Crippen LogP contribution in [0.25, 0.3) is 11.0 Å². The molecule has 2 aromatic carbocycles. The average Bonchev–Trinajstić information content (AvgIpc) is 3.18. The lowest BCUT2D eigenvalue weighted by Gasteiger charge is -2.11. The number of methoxy groups -OCH3 is 1. The first kappa shape index (κ1) is 24.4. The highest BCUT2D eigenvalue weighted by Gasteiger charge is 2.10. The molecule has 176 valence electrons. The fraction of sp³-hybridized carbons (Fsp3) is 0.407. The standard InChI is InChI=1S/C27H35N3O3/c1-3-12-27(31)28-18-8-4-5-17-26-29-24-15-6-7-16-25(24)30(26)19-9-10-20-33-23-14-11-13-22(21-23)32-2/h3,6-7,11-16,21H,4-5,8-10,17-20H2,1-2H3,(H,28,31)/b12-3+. The molecule has 0 saturated carbocycles. The molecule has 1 amide bonds. The number of aryl methyl sites for hydroxylation is 2. The number of imidazole rings is 1. The van der Waals surface area contributed by atoms with E-state index in [9.17, 15) is 4.79 Å². The van der Waals surface area contributed by atoms with Crippen molar-refractivity contribution in [2.75, 3.05) is 20.3 Å². The number of para-hydroxylation sites is 2. The van der Waals surface area contributed by atoms with Crippen LogP contribution in [0.5, 0.6) is 11.5 Å². The summed E-state index contributed by atoms with van der Waals surface area (Å²) in [5, 5.41) is 2.91. The molecule has 0 aliphatic rings. The van der Waals surface area contributed by atoms with Crippen LogP contribution < -0.4 is 14.8 Å². The maximum absolute atomic E-state index is 11.5. The van der Waals surface area contributed by atoms with E-state index in [0.29, 0.717) is 13.2 Å². The van der Waals surface area contributed by atoms with Gasteiger partial charge in [0.15, 0.2) is 0 Å². The van der Waals surface area contributed by atoms with Gasteiger partial charge in [0.05, 0.1) is 24.8 Å². The number of nitrogens with zero attached hydrogens (tertiary/aromatic N) is 2. The molecule has 0 atom stereocenters. The zero-order chi connectivity index (χ0) is 23.3. The van der Waals surface area contributed by atoms with Crippen LogP contribution in [0.2, 0.25) is 0 Å². The molecule has 0 unspecified atom stereocenters. The molecule has 1 N–H and O–H groups in total. The summed E-state index contributed by atoms with van der Waals surface area (Å²) in [5.74, 6) is 2.77. The third-order valence-electron chi connectivity index (χ3n) is 5.51. The zero-order valence-corrected chi connectivity index (χ0v) is 19.8. The largest absolute Gasteiger partial charge is 0.497 e. The number of carbonyl (C=O) groups is 1. The van der Waals surface area contributed by atoms with E-state index in [-0.39, 0.29) is 5.91 Å². The van der Waals surface area contributed by atoms with Crippen molar-refractivity contribution in [1.82, 2.24) is 14.9 Å². The summed E-state index contributed by atoms with van der Waals surface area (Å²) in [6.45, 7) is 4.16. The van der Waals surface area contributed by atoms with Crippen molar-refractivity contribution in [3.8, 4) is 11.5 Å². The van der Waals surface area contributed by atoms with Gasteiger partial charge in [-0.25, -0.2) is 4.98 Å². The summed E-state index contributed by atoms with van der Waals surface area (Å²) >= 11 is 0. The SMILES string of the molecule is C/C=C/C(=O)NCCCCCc1nc2ccccc2n1CCCCOc1cccc(OC)c1. The normalized spacial score (nSPS) is 11.2. The Morgan fingerprint density at radius 1 is 1.03 bits per heavy atom. The lowest BCUT2D eigenvalue weighted by molar-refractivity contribution is -0.116. The first-order chi connectivity index (χ1) is 16.2. The lowest BCUT2D eigenvalue weighted by atomic mass is 10.2.